The molecule has 1 aliphatic rings. The highest BCUT2D eigenvalue weighted by atomic mass is 16.3. The number of hydrogen-bond acceptors (Lipinski definition) is 7. The van der Waals surface area contributed by atoms with Crippen LogP contribution in [0.15, 0.2) is 22.8 Å². The van der Waals surface area contributed by atoms with E-state index in [-0.39, 0.29) is 17.8 Å². The number of rotatable bonds is 2. The maximum Gasteiger partial charge on any atom is 0.280 e. The number of nitrogens with zero attached hydrogens (tertiary/aromatic N) is 4. The lowest BCUT2D eigenvalue weighted by atomic mass is 10.1. The maximum atomic E-state index is 11.5. The molecule has 0 aliphatic heterocycles. The van der Waals surface area contributed by atoms with Crippen LogP contribution in [-0.4, -0.2) is 59.1 Å². The van der Waals surface area contributed by atoms with E-state index in [9.17, 15) is 15.0 Å². The van der Waals surface area contributed by atoms with Crippen molar-refractivity contribution in [2.45, 2.75) is 18.2 Å². The molecule has 0 saturated carbocycles. The van der Waals surface area contributed by atoms with Gasteiger partial charge in [0.1, 0.15) is 18.2 Å². The van der Waals surface area contributed by atoms with Crippen molar-refractivity contribution in [1.29, 1.82) is 0 Å². The van der Waals surface area contributed by atoms with Gasteiger partial charge in [0.05, 0.1) is 12.9 Å². The second kappa shape index (κ2) is 4.23. The monoisotopic (exact) mass is 265 g/mol. The molecule has 0 fully saturated rings. The average Bonchev–Trinajstić information content (AvgIpc) is 2.94. The van der Waals surface area contributed by atoms with E-state index in [4.69, 9.17) is 5.11 Å². The van der Waals surface area contributed by atoms with Crippen molar-refractivity contribution >= 4 is 11.2 Å². The highest BCUT2D eigenvalue weighted by Crippen LogP contribution is 2.29. The topological polar surface area (TPSA) is 137 Å². The number of aromatic amines is 1. The Labute approximate surface area is 105 Å². The maximum absolute atomic E-state index is 11.5. The van der Waals surface area contributed by atoms with Crippen molar-refractivity contribution in [3.8, 4) is 0 Å². The number of nitrogens with one attached hydrogen (secondary N) is 1. The van der Waals surface area contributed by atoms with E-state index in [0.29, 0.717) is 5.57 Å². The second-order valence-corrected chi connectivity index (χ2v) is 4.26. The van der Waals surface area contributed by atoms with Gasteiger partial charge in [-0.25, -0.2) is 9.67 Å². The molecule has 19 heavy (non-hydrogen) atoms. The molecule has 9 nitrogen and oxygen atoms in total. The van der Waals surface area contributed by atoms with E-state index >= 15 is 0 Å². The molecule has 9 heteroatoms. The predicted octanol–water partition coefficient (Wildman–Crippen LogP) is -2.29. The summed E-state index contributed by atoms with van der Waals surface area (Å²) in [5, 5.41) is 36.2. The van der Waals surface area contributed by atoms with Crippen LogP contribution in [0.2, 0.25) is 0 Å². The van der Waals surface area contributed by atoms with Crippen LogP contribution in [-0.2, 0) is 0 Å². The molecule has 3 rings (SSSR count). The normalized spacial score (nSPS) is 26.9. The molecule has 0 spiro atoms. The number of H-pyrrole nitrogens is 1. The molecular weight excluding hydrogens is 254 g/mol. The molecule has 100 valence electrons. The molecule has 3 unspecified atom stereocenters. The summed E-state index contributed by atoms with van der Waals surface area (Å²) in [5.74, 6) is 0. The lowest BCUT2D eigenvalue weighted by Gasteiger charge is -2.17. The van der Waals surface area contributed by atoms with Crippen LogP contribution in [0.4, 0.5) is 0 Å². The molecule has 3 atom stereocenters. The fraction of sp³-hybridized carbons (Fsp3) is 0.400. The number of aliphatic hydroxyl groups excluding tert-OH is 3. The van der Waals surface area contributed by atoms with Gasteiger partial charge in [-0.2, -0.15) is 0 Å². The fourth-order valence-corrected chi connectivity index (χ4v) is 2.16. The van der Waals surface area contributed by atoms with Crippen molar-refractivity contribution in [2.75, 3.05) is 6.61 Å². The van der Waals surface area contributed by atoms with E-state index < -0.39 is 23.8 Å². The smallest absolute Gasteiger partial charge is 0.280 e. The lowest BCUT2D eigenvalue weighted by molar-refractivity contribution is 0.0261. The van der Waals surface area contributed by atoms with Crippen molar-refractivity contribution < 1.29 is 15.3 Å². The van der Waals surface area contributed by atoms with Crippen molar-refractivity contribution in [3.63, 3.8) is 0 Å². The predicted molar refractivity (Wildman–Crippen MR) is 62.2 cm³/mol. The standard InChI is InChI=1S/C10H11N5O4/c16-2-4-1-5(8(18)7(4)17)15-9-6(13-14-15)10(19)12-3-11-9/h1,3,5,7-8,16-18H,2H2,(H,11,12,19). The Bertz CT molecular complexity index is 705. The van der Waals surface area contributed by atoms with Gasteiger partial charge < -0.3 is 20.3 Å². The minimum absolute atomic E-state index is 0.0510. The highest BCUT2D eigenvalue weighted by molar-refractivity contribution is 5.67. The first-order valence-electron chi connectivity index (χ1n) is 5.59. The third-order valence-corrected chi connectivity index (χ3v) is 3.17. The van der Waals surface area contributed by atoms with E-state index in [2.05, 4.69) is 20.3 Å². The summed E-state index contributed by atoms with van der Waals surface area (Å²) < 4.78 is 1.25. The summed E-state index contributed by atoms with van der Waals surface area (Å²) in [6.45, 7) is -0.366. The lowest BCUT2D eigenvalue weighted by Crippen LogP contribution is -2.30. The van der Waals surface area contributed by atoms with Gasteiger partial charge in [0.2, 0.25) is 0 Å². The summed E-state index contributed by atoms with van der Waals surface area (Å²) in [6, 6.07) is -0.726. The molecule has 0 saturated heterocycles. The van der Waals surface area contributed by atoms with Gasteiger partial charge in [-0.05, 0) is 5.57 Å². The second-order valence-electron chi connectivity index (χ2n) is 4.26. The summed E-state index contributed by atoms with van der Waals surface area (Å²) in [7, 11) is 0. The minimum atomic E-state index is -1.17. The van der Waals surface area contributed by atoms with Crippen LogP contribution in [0.5, 0.6) is 0 Å². The Hall–Kier alpha value is -2.10. The molecule has 0 bridgehead atoms. The Balaban J connectivity index is 2.13. The van der Waals surface area contributed by atoms with Crippen LogP contribution in [0.3, 0.4) is 0 Å². The SMILES string of the molecule is O=c1[nH]cnc2c1nnn2C1C=C(CO)C(O)C1O. The summed E-state index contributed by atoms with van der Waals surface area (Å²) in [4.78, 5) is 17.8. The van der Waals surface area contributed by atoms with Gasteiger partial charge in [-0.1, -0.05) is 11.3 Å². The van der Waals surface area contributed by atoms with Crippen LogP contribution in [0, 0.1) is 0 Å². The summed E-state index contributed by atoms with van der Waals surface area (Å²) in [5.41, 5.74) is 0.118. The largest absolute Gasteiger partial charge is 0.392 e. The molecule has 2 heterocycles. The third kappa shape index (κ3) is 1.67. The zero-order valence-corrected chi connectivity index (χ0v) is 9.63. The quantitative estimate of drug-likeness (QED) is 0.448. The molecule has 0 radical (unpaired) electrons. The number of aromatic nitrogens is 5. The molecule has 0 amide bonds. The Morgan fingerprint density at radius 2 is 2.21 bits per heavy atom. The third-order valence-electron chi connectivity index (χ3n) is 3.17. The fourth-order valence-electron chi connectivity index (χ4n) is 2.16. The Morgan fingerprint density at radius 3 is 2.89 bits per heavy atom. The highest BCUT2D eigenvalue weighted by Gasteiger charge is 2.37. The van der Waals surface area contributed by atoms with Crippen LogP contribution < -0.4 is 5.56 Å². The zero-order valence-electron chi connectivity index (χ0n) is 9.63. The van der Waals surface area contributed by atoms with Gasteiger partial charge in [-0.15, -0.1) is 5.10 Å². The Morgan fingerprint density at radius 1 is 1.42 bits per heavy atom. The van der Waals surface area contributed by atoms with E-state index in [1.165, 1.54) is 17.1 Å². The number of aliphatic hydroxyl groups is 3. The average molecular weight is 265 g/mol. The van der Waals surface area contributed by atoms with Gasteiger partial charge >= 0.3 is 0 Å². The first kappa shape index (κ1) is 12.0. The number of fused-ring (bicyclic) bond motifs is 1. The minimum Gasteiger partial charge on any atom is -0.392 e. The van der Waals surface area contributed by atoms with Crippen molar-refractivity contribution in [1.82, 2.24) is 25.0 Å². The first-order chi connectivity index (χ1) is 9.13. The van der Waals surface area contributed by atoms with Gasteiger partial charge in [0, 0.05) is 0 Å². The molecule has 0 aromatic carbocycles. The van der Waals surface area contributed by atoms with Crippen LogP contribution in [0.25, 0.3) is 11.2 Å². The molecule has 2 aromatic heterocycles. The van der Waals surface area contributed by atoms with Crippen LogP contribution >= 0.6 is 0 Å². The molecule has 1 aliphatic carbocycles. The summed E-state index contributed by atoms with van der Waals surface area (Å²) in [6.07, 6.45) is 0.357. The molecular formula is C10H11N5O4. The van der Waals surface area contributed by atoms with E-state index in [1.54, 1.807) is 0 Å². The van der Waals surface area contributed by atoms with Crippen molar-refractivity contribution in [2.24, 2.45) is 0 Å². The van der Waals surface area contributed by atoms with Gasteiger partial charge in [0.15, 0.2) is 11.2 Å². The Kier molecular flexibility index (Phi) is 2.66. The van der Waals surface area contributed by atoms with E-state index in [0.717, 1.165) is 0 Å². The molecule has 4 N–H and O–H groups in total. The molecule has 2 aromatic rings. The van der Waals surface area contributed by atoms with Gasteiger partial charge in [0.25, 0.3) is 5.56 Å². The van der Waals surface area contributed by atoms with Crippen LogP contribution in [0.1, 0.15) is 6.04 Å². The first-order valence-corrected chi connectivity index (χ1v) is 5.59. The zero-order chi connectivity index (χ0) is 13.6. The van der Waals surface area contributed by atoms with E-state index in [1.807, 2.05) is 0 Å². The number of hydrogen-bond donors (Lipinski definition) is 4. The van der Waals surface area contributed by atoms with Crippen molar-refractivity contribution in [3.05, 3.63) is 28.3 Å². The van der Waals surface area contributed by atoms with Gasteiger partial charge in [-0.3, -0.25) is 4.79 Å². The summed E-state index contributed by atoms with van der Waals surface area (Å²) >= 11 is 0.